The van der Waals surface area contributed by atoms with Gasteiger partial charge in [-0.2, -0.15) is 0 Å². The van der Waals surface area contributed by atoms with Crippen molar-refractivity contribution in [2.45, 2.75) is 20.8 Å². The van der Waals surface area contributed by atoms with E-state index in [0.717, 1.165) is 16.7 Å². The number of fused-ring (bicyclic) bond motifs is 1. The largest absolute Gasteiger partial charge is 0.331 e. The van der Waals surface area contributed by atoms with E-state index < -0.39 is 11.7 Å². The number of carbonyl (C=O) groups is 1. The fraction of sp³-hybridized carbons (Fsp3) is 0.125. The molecular formula is C24H20FN3O2S. The molecule has 1 heterocycles. The van der Waals surface area contributed by atoms with Crippen LogP contribution in [0.4, 0.5) is 10.1 Å². The van der Waals surface area contributed by atoms with Gasteiger partial charge in [0.15, 0.2) is 4.77 Å². The van der Waals surface area contributed by atoms with Crippen molar-refractivity contribution < 1.29 is 9.18 Å². The molecule has 2 N–H and O–H groups in total. The number of aryl methyl sites for hydroxylation is 2. The molecule has 0 radical (unpaired) electrons. The summed E-state index contributed by atoms with van der Waals surface area (Å²) in [5.74, 6) is -1.00. The minimum Gasteiger partial charge on any atom is -0.331 e. The maximum atomic E-state index is 14.0. The lowest BCUT2D eigenvalue weighted by Gasteiger charge is -2.13. The predicted octanol–water partition coefficient (Wildman–Crippen LogP) is 5.36. The highest BCUT2D eigenvalue weighted by molar-refractivity contribution is 7.71. The lowest BCUT2D eigenvalue weighted by Crippen LogP contribution is -2.22. The van der Waals surface area contributed by atoms with Gasteiger partial charge in [0.05, 0.1) is 22.3 Å². The van der Waals surface area contributed by atoms with Gasteiger partial charge in [0.1, 0.15) is 5.82 Å². The second kappa shape index (κ2) is 7.92. The highest BCUT2D eigenvalue weighted by atomic mass is 32.1. The summed E-state index contributed by atoms with van der Waals surface area (Å²) >= 11 is 5.45. The van der Waals surface area contributed by atoms with Gasteiger partial charge in [-0.3, -0.25) is 14.2 Å². The van der Waals surface area contributed by atoms with Gasteiger partial charge in [0, 0.05) is 5.56 Å². The number of carbonyl (C=O) groups excluding carboxylic acids is 1. The summed E-state index contributed by atoms with van der Waals surface area (Å²) in [5, 5.41) is 2.97. The van der Waals surface area contributed by atoms with Crippen molar-refractivity contribution in [3.05, 3.63) is 97.8 Å². The highest BCUT2D eigenvalue weighted by Crippen LogP contribution is 2.20. The molecular weight excluding hydrogens is 413 g/mol. The summed E-state index contributed by atoms with van der Waals surface area (Å²) in [4.78, 5) is 28.9. The van der Waals surface area contributed by atoms with Gasteiger partial charge in [0.2, 0.25) is 0 Å². The van der Waals surface area contributed by atoms with Crippen molar-refractivity contribution in [3.63, 3.8) is 0 Å². The van der Waals surface area contributed by atoms with Gasteiger partial charge >= 0.3 is 0 Å². The number of amides is 1. The summed E-state index contributed by atoms with van der Waals surface area (Å²) < 4.78 is 15.7. The van der Waals surface area contributed by atoms with Crippen LogP contribution in [0.3, 0.4) is 0 Å². The molecule has 4 rings (SSSR count). The van der Waals surface area contributed by atoms with Crippen LogP contribution in [0.15, 0.2) is 59.4 Å². The van der Waals surface area contributed by atoms with Gasteiger partial charge in [-0.05, 0) is 86.1 Å². The van der Waals surface area contributed by atoms with Crippen LogP contribution in [0, 0.1) is 31.4 Å². The summed E-state index contributed by atoms with van der Waals surface area (Å²) in [6, 6.07) is 14.8. The highest BCUT2D eigenvalue weighted by Gasteiger charge is 2.14. The number of aromatic nitrogens is 2. The first-order chi connectivity index (χ1) is 14.8. The van der Waals surface area contributed by atoms with Gasteiger partial charge in [-0.15, -0.1) is 0 Å². The number of hydrogen-bond acceptors (Lipinski definition) is 3. The Kier molecular flexibility index (Phi) is 5.29. The molecule has 0 bridgehead atoms. The zero-order valence-electron chi connectivity index (χ0n) is 17.2. The third-order valence-electron chi connectivity index (χ3n) is 5.35. The number of aromatic amines is 1. The Hall–Kier alpha value is -3.58. The van der Waals surface area contributed by atoms with E-state index >= 15 is 0 Å². The fourth-order valence-electron chi connectivity index (χ4n) is 3.49. The van der Waals surface area contributed by atoms with Crippen molar-refractivity contribution in [2.75, 3.05) is 5.32 Å². The minimum absolute atomic E-state index is 0.100. The molecule has 156 valence electrons. The smallest absolute Gasteiger partial charge is 0.266 e. The molecule has 1 aromatic heterocycles. The third-order valence-corrected chi connectivity index (χ3v) is 5.63. The predicted molar refractivity (Wildman–Crippen MR) is 123 cm³/mol. The van der Waals surface area contributed by atoms with Crippen molar-refractivity contribution >= 4 is 34.7 Å². The average Bonchev–Trinajstić information content (AvgIpc) is 2.73. The van der Waals surface area contributed by atoms with E-state index in [2.05, 4.69) is 10.3 Å². The zero-order valence-corrected chi connectivity index (χ0v) is 18.1. The van der Waals surface area contributed by atoms with Gasteiger partial charge in [-0.25, -0.2) is 4.39 Å². The molecule has 0 spiro atoms. The summed E-state index contributed by atoms with van der Waals surface area (Å²) in [6.07, 6.45) is 0. The van der Waals surface area contributed by atoms with E-state index in [1.807, 2.05) is 39.0 Å². The molecule has 4 aromatic rings. The number of rotatable bonds is 3. The number of H-pyrrole nitrogens is 1. The first-order valence-corrected chi connectivity index (χ1v) is 10.1. The molecule has 1 amide bonds. The molecule has 0 aliphatic carbocycles. The van der Waals surface area contributed by atoms with E-state index in [0.29, 0.717) is 16.6 Å². The molecule has 3 aromatic carbocycles. The van der Waals surface area contributed by atoms with E-state index in [9.17, 15) is 14.0 Å². The molecule has 0 aliphatic heterocycles. The maximum Gasteiger partial charge on any atom is 0.266 e. The SMILES string of the molecule is Cc1ccc(F)c(NC(=O)c2ccc3c(=O)n(-c4cccc(C)c4C)c(=S)[nH]c3c2)c1. The van der Waals surface area contributed by atoms with Gasteiger partial charge < -0.3 is 10.3 Å². The van der Waals surface area contributed by atoms with Crippen LogP contribution >= 0.6 is 12.2 Å². The van der Waals surface area contributed by atoms with Crippen LogP contribution in [-0.4, -0.2) is 15.5 Å². The van der Waals surface area contributed by atoms with Crippen LogP contribution in [-0.2, 0) is 0 Å². The lowest BCUT2D eigenvalue weighted by atomic mass is 10.1. The average molecular weight is 434 g/mol. The van der Waals surface area contributed by atoms with Gasteiger partial charge in [0.25, 0.3) is 11.5 Å². The molecule has 5 nitrogen and oxygen atoms in total. The van der Waals surface area contributed by atoms with E-state index in [1.165, 1.54) is 16.7 Å². The van der Waals surface area contributed by atoms with Crippen LogP contribution in [0.2, 0.25) is 0 Å². The topological polar surface area (TPSA) is 66.9 Å². The monoisotopic (exact) mass is 433 g/mol. The fourth-order valence-corrected chi connectivity index (χ4v) is 3.78. The molecule has 7 heteroatoms. The Labute approximate surface area is 183 Å². The lowest BCUT2D eigenvalue weighted by molar-refractivity contribution is 0.102. The first-order valence-electron chi connectivity index (χ1n) is 9.69. The first kappa shape index (κ1) is 20.7. The Morgan fingerprint density at radius 1 is 1.06 bits per heavy atom. The van der Waals surface area contributed by atoms with Crippen LogP contribution in [0.25, 0.3) is 16.6 Å². The summed E-state index contributed by atoms with van der Waals surface area (Å²) in [6.45, 7) is 5.72. The number of nitrogens with zero attached hydrogens (tertiary/aromatic N) is 1. The van der Waals surface area contributed by atoms with Gasteiger partial charge in [-0.1, -0.05) is 18.2 Å². The Morgan fingerprint density at radius 3 is 2.61 bits per heavy atom. The Morgan fingerprint density at radius 2 is 1.84 bits per heavy atom. The molecule has 31 heavy (non-hydrogen) atoms. The minimum atomic E-state index is -0.518. The Balaban J connectivity index is 1.78. The number of halogens is 1. The molecule has 0 unspecified atom stereocenters. The van der Waals surface area contributed by atoms with Crippen molar-refractivity contribution in [1.82, 2.24) is 9.55 Å². The summed E-state index contributed by atoms with van der Waals surface area (Å²) in [7, 11) is 0. The standard InChI is InChI=1S/C24H20FN3O2S/c1-13-7-10-18(25)20(11-13)26-22(29)16-8-9-17-19(12-16)27-24(31)28(23(17)30)21-6-4-5-14(2)15(21)3/h4-12H,1-3H3,(H,26,29)(H,27,31). The summed E-state index contributed by atoms with van der Waals surface area (Å²) in [5.41, 5.74) is 4.09. The van der Waals surface area contributed by atoms with Crippen molar-refractivity contribution in [3.8, 4) is 5.69 Å². The molecule has 0 fully saturated rings. The van der Waals surface area contributed by atoms with Crippen molar-refractivity contribution in [2.24, 2.45) is 0 Å². The maximum absolute atomic E-state index is 14.0. The van der Waals surface area contributed by atoms with Crippen molar-refractivity contribution in [1.29, 1.82) is 0 Å². The molecule has 0 saturated heterocycles. The normalized spacial score (nSPS) is 11.0. The Bertz CT molecular complexity index is 1470. The second-order valence-electron chi connectivity index (χ2n) is 7.49. The van der Waals surface area contributed by atoms with Crippen LogP contribution in [0.5, 0.6) is 0 Å². The number of nitrogens with one attached hydrogen (secondary N) is 2. The molecule has 0 aliphatic rings. The molecule has 0 saturated carbocycles. The van der Waals surface area contributed by atoms with E-state index in [1.54, 1.807) is 24.3 Å². The number of benzene rings is 3. The quantitative estimate of drug-likeness (QED) is 0.427. The third kappa shape index (κ3) is 3.80. The molecule has 0 atom stereocenters. The number of anilines is 1. The number of hydrogen-bond donors (Lipinski definition) is 2. The van der Waals surface area contributed by atoms with Crippen LogP contribution in [0.1, 0.15) is 27.0 Å². The second-order valence-corrected chi connectivity index (χ2v) is 7.87. The zero-order chi connectivity index (χ0) is 22.3. The van der Waals surface area contributed by atoms with Crippen LogP contribution < -0.4 is 10.9 Å². The van der Waals surface area contributed by atoms with E-state index in [-0.39, 0.29) is 21.6 Å². The van der Waals surface area contributed by atoms with E-state index in [4.69, 9.17) is 12.2 Å².